The fourth-order valence-corrected chi connectivity index (χ4v) is 0.907. The highest BCUT2D eigenvalue weighted by Gasteiger charge is 1.88. The van der Waals surface area contributed by atoms with E-state index in [4.69, 9.17) is 0 Å². The van der Waals surface area contributed by atoms with Gasteiger partial charge < -0.3 is 0 Å². The number of rotatable bonds is 0. The van der Waals surface area contributed by atoms with Crippen molar-refractivity contribution in [1.29, 1.82) is 0 Å². The summed E-state index contributed by atoms with van der Waals surface area (Å²) in [6, 6.07) is 3.63. The predicted octanol–water partition coefficient (Wildman–Crippen LogP) is 1.56. The first kappa shape index (κ1) is 9.06. The van der Waals surface area contributed by atoms with Crippen molar-refractivity contribution < 1.29 is 0 Å². The lowest BCUT2D eigenvalue weighted by atomic mass is 10.2. The molecule has 0 atom stereocenters. The van der Waals surface area contributed by atoms with Crippen LogP contribution < -0.4 is 0 Å². The van der Waals surface area contributed by atoms with Crippen molar-refractivity contribution in [3.8, 4) is 22.3 Å². The molecule has 0 aliphatic heterocycles. The third-order valence-corrected chi connectivity index (χ3v) is 1.37. The standard InChI is InChI=1S/C9H5NS2/c11-5-3-8-1-2-9(4-6-12)10-7-8/h1-2,7,11-12H. The predicted molar refractivity (Wildman–Crippen MR) is 56.0 cm³/mol. The summed E-state index contributed by atoms with van der Waals surface area (Å²) in [7, 11) is 0. The first-order valence-electron chi connectivity index (χ1n) is 3.13. The molecule has 1 aromatic rings. The second-order valence-electron chi connectivity index (χ2n) is 1.91. The van der Waals surface area contributed by atoms with Crippen molar-refractivity contribution in [2.24, 2.45) is 0 Å². The zero-order valence-corrected chi connectivity index (χ0v) is 7.86. The molecular formula is C9H5NS2. The lowest BCUT2D eigenvalue weighted by molar-refractivity contribution is 1.28. The zero-order valence-electron chi connectivity index (χ0n) is 6.07. The summed E-state index contributed by atoms with van der Waals surface area (Å²) < 4.78 is 0. The Morgan fingerprint density at radius 1 is 1.08 bits per heavy atom. The van der Waals surface area contributed by atoms with Gasteiger partial charge in [-0.25, -0.2) is 4.98 Å². The Morgan fingerprint density at radius 3 is 2.33 bits per heavy atom. The molecule has 0 radical (unpaired) electrons. The van der Waals surface area contributed by atoms with Crippen LogP contribution in [0.1, 0.15) is 11.3 Å². The summed E-state index contributed by atoms with van der Waals surface area (Å²) in [5.74, 6) is 5.47. The summed E-state index contributed by atoms with van der Waals surface area (Å²) in [5, 5.41) is 4.96. The highest BCUT2D eigenvalue weighted by Crippen LogP contribution is 1.97. The first-order valence-corrected chi connectivity index (χ1v) is 4.02. The van der Waals surface area contributed by atoms with Crippen LogP contribution in [0.2, 0.25) is 0 Å². The fourth-order valence-electron chi connectivity index (χ4n) is 0.664. The van der Waals surface area contributed by atoms with Gasteiger partial charge in [0, 0.05) is 11.8 Å². The van der Waals surface area contributed by atoms with E-state index in [0.29, 0.717) is 5.69 Å². The number of hydrogen-bond donors (Lipinski definition) is 2. The molecule has 0 unspecified atom stereocenters. The Hall–Kier alpha value is -1.03. The van der Waals surface area contributed by atoms with Gasteiger partial charge in [0.15, 0.2) is 0 Å². The summed E-state index contributed by atoms with van der Waals surface area (Å²) in [6.45, 7) is 0. The number of thiol groups is 2. The summed E-state index contributed by atoms with van der Waals surface area (Å²) in [4.78, 5) is 4.03. The van der Waals surface area contributed by atoms with Crippen molar-refractivity contribution in [3.63, 3.8) is 0 Å². The molecule has 0 aliphatic rings. The van der Waals surface area contributed by atoms with E-state index in [1.807, 2.05) is 6.07 Å². The minimum Gasteiger partial charge on any atom is -0.246 e. The molecule has 0 saturated heterocycles. The quantitative estimate of drug-likeness (QED) is 0.469. The smallest absolute Gasteiger partial charge is 0.114 e. The van der Waals surface area contributed by atoms with Crippen LogP contribution in [-0.4, -0.2) is 4.98 Å². The molecule has 3 heteroatoms. The number of pyridine rings is 1. The van der Waals surface area contributed by atoms with Gasteiger partial charge in [-0.1, -0.05) is 31.2 Å². The van der Waals surface area contributed by atoms with Crippen molar-refractivity contribution in [3.05, 3.63) is 29.6 Å². The maximum atomic E-state index is 4.03. The lowest BCUT2D eigenvalue weighted by Gasteiger charge is -1.89. The molecule has 0 fully saturated rings. The van der Waals surface area contributed by atoms with Crippen molar-refractivity contribution in [2.45, 2.75) is 0 Å². The molecule has 0 amide bonds. The lowest BCUT2D eigenvalue weighted by Crippen LogP contribution is -1.82. The Labute approximate surface area is 82.4 Å². The molecule has 0 aromatic carbocycles. The van der Waals surface area contributed by atoms with E-state index in [1.165, 1.54) is 0 Å². The van der Waals surface area contributed by atoms with E-state index in [0.717, 1.165) is 5.56 Å². The van der Waals surface area contributed by atoms with Crippen LogP contribution in [0, 0.1) is 22.3 Å². The summed E-state index contributed by atoms with van der Waals surface area (Å²) >= 11 is 7.53. The molecule has 1 nitrogen and oxygen atoms in total. The van der Waals surface area contributed by atoms with Crippen molar-refractivity contribution in [1.82, 2.24) is 4.98 Å². The molecule has 12 heavy (non-hydrogen) atoms. The SMILES string of the molecule is SC#Cc1ccc(C#CS)nc1. The molecule has 1 aromatic heterocycles. The molecule has 1 rings (SSSR count). The van der Waals surface area contributed by atoms with Crippen LogP contribution in [0.15, 0.2) is 18.3 Å². The highest BCUT2D eigenvalue weighted by atomic mass is 32.1. The molecule has 0 saturated carbocycles. The van der Waals surface area contributed by atoms with Crippen molar-refractivity contribution >= 4 is 25.3 Å². The second-order valence-corrected chi connectivity index (χ2v) is 2.35. The summed E-state index contributed by atoms with van der Waals surface area (Å²) in [5.41, 5.74) is 1.52. The first-order chi connectivity index (χ1) is 5.86. The Bertz CT molecular complexity index is 334. The largest absolute Gasteiger partial charge is 0.246 e. The van der Waals surface area contributed by atoms with Gasteiger partial charge in [-0.2, -0.15) is 0 Å². The maximum absolute atomic E-state index is 4.03. The van der Waals surface area contributed by atoms with E-state index in [-0.39, 0.29) is 0 Å². The monoisotopic (exact) mass is 191 g/mol. The van der Waals surface area contributed by atoms with Crippen LogP contribution >= 0.6 is 25.3 Å². The fraction of sp³-hybridized carbons (Fsp3) is 0. The van der Waals surface area contributed by atoms with Crippen LogP contribution in [0.3, 0.4) is 0 Å². The molecule has 1 heterocycles. The van der Waals surface area contributed by atoms with E-state index >= 15 is 0 Å². The minimum absolute atomic E-state index is 0.690. The Morgan fingerprint density at radius 2 is 1.83 bits per heavy atom. The van der Waals surface area contributed by atoms with Crippen molar-refractivity contribution in [2.75, 3.05) is 0 Å². The van der Waals surface area contributed by atoms with E-state index in [9.17, 15) is 0 Å². The highest BCUT2D eigenvalue weighted by molar-refractivity contribution is 7.85. The summed E-state index contributed by atoms with van der Waals surface area (Å²) in [6.07, 6.45) is 1.65. The normalized spacial score (nSPS) is 7.50. The maximum Gasteiger partial charge on any atom is 0.114 e. The molecule has 0 bridgehead atoms. The van der Waals surface area contributed by atoms with Gasteiger partial charge in [-0.15, -0.1) is 0 Å². The minimum atomic E-state index is 0.690. The van der Waals surface area contributed by atoms with Gasteiger partial charge in [0.2, 0.25) is 0 Å². The Kier molecular flexibility index (Phi) is 3.60. The van der Waals surface area contributed by atoms with Gasteiger partial charge >= 0.3 is 0 Å². The molecule has 0 aliphatic carbocycles. The average Bonchev–Trinajstić information content (AvgIpc) is 2.09. The number of nitrogens with zero attached hydrogens (tertiary/aromatic N) is 1. The van der Waals surface area contributed by atoms with Crippen LogP contribution in [0.25, 0.3) is 0 Å². The molecular weight excluding hydrogens is 186 g/mol. The van der Waals surface area contributed by atoms with Crippen LogP contribution in [0.4, 0.5) is 0 Å². The van der Waals surface area contributed by atoms with E-state index in [1.54, 1.807) is 12.3 Å². The topological polar surface area (TPSA) is 12.9 Å². The number of aromatic nitrogens is 1. The van der Waals surface area contributed by atoms with E-state index in [2.05, 4.69) is 52.6 Å². The van der Waals surface area contributed by atoms with Crippen LogP contribution in [0.5, 0.6) is 0 Å². The third-order valence-electron chi connectivity index (χ3n) is 1.15. The van der Waals surface area contributed by atoms with Gasteiger partial charge in [-0.05, 0) is 28.6 Å². The van der Waals surface area contributed by atoms with Crippen LogP contribution in [-0.2, 0) is 0 Å². The number of hydrogen-bond acceptors (Lipinski definition) is 3. The molecule has 0 N–H and O–H groups in total. The van der Waals surface area contributed by atoms with Gasteiger partial charge in [0.25, 0.3) is 0 Å². The average molecular weight is 191 g/mol. The van der Waals surface area contributed by atoms with Gasteiger partial charge in [-0.3, -0.25) is 0 Å². The molecule has 58 valence electrons. The second kappa shape index (κ2) is 4.77. The Balaban J connectivity index is 2.95. The van der Waals surface area contributed by atoms with Gasteiger partial charge in [0.1, 0.15) is 5.69 Å². The van der Waals surface area contributed by atoms with E-state index < -0.39 is 0 Å². The molecule has 0 spiro atoms. The third kappa shape index (κ3) is 2.54. The zero-order chi connectivity index (χ0) is 8.81. The van der Waals surface area contributed by atoms with Gasteiger partial charge in [0.05, 0.1) is 0 Å².